The van der Waals surface area contributed by atoms with Crippen LogP contribution in [-0.2, 0) is 4.79 Å². The first-order valence-corrected chi connectivity index (χ1v) is 10.3. The van der Waals surface area contributed by atoms with Crippen molar-refractivity contribution in [3.05, 3.63) is 23.8 Å². The number of amides is 1. The van der Waals surface area contributed by atoms with Crippen molar-refractivity contribution < 1.29 is 9.53 Å². The second-order valence-corrected chi connectivity index (χ2v) is 7.60. The molecule has 0 N–H and O–H groups in total. The summed E-state index contributed by atoms with van der Waals surface area (Å²) in [6.45, 7) is 10.4. The molecule has 1 heterocycles. The van der Waals surface area contributed by atoms with Crippen LogP contribution < -0.4 is 4.74 Å². The van der Waals surface area contributed by atoms with Crippen LogP contribution in [0.15, 0.2) is 23.4 Å². The number of nitrogens with zero attached hydrogens (tertiary/aromatic N) is 5. The van der Waals surface area contributed by atoms with E-state index in [1.807, 2.05) is 30.0 Å². The third-order valence-electron chi connectivity index (χ3n) is 4.75. The normalized spacial score (nSPS) is 13.3. The molecule has 2 aromatic rings. The number of thioether (sulfide) groups is 1. The van der Waals surface area contributed by atoms with Crippen molar-refractivity contribution in [2.75, 3.05) is 12.9 Å². The molecule has 2 rings (SSSR count). The Balaban J connectivity index is 2.20. The van der Waals surface area contributed by atoms with Gasteiger partial charge in [0.05, 0.1) is 12.9 Å². The summed E-state index contributed by atoms with van der Waals surface area (Å²) in [5.41, 5.74) is 1.84. The number of hydrogen-bond acceptors (Lipinski definition) is 6. The van der Waals surface area contributed by atoms with Crippen LogP contribution >= 0.6 is 11.8 Å². The SMILES string of the molecule is CC[C@@H](C)N(C(=O)CSc1nnnn1-c1cc(C)ccc1OC)[C@H](C)CC. The van der Waals surface area contributed by atoms with E-state index in [0.29, 0.717) is 16.7 Å². The van der Waals surface area contributed by atoms with Gasteiger partial charge in [-0.2, -0.15) is 4.68 Å². The average Bonchev–Trinajstić information content (AvgIpc) is 3.14. The van der Waals surface area contributed by atoms with Gasteiger partial charge in [-0.15, -0.1) is 5.10 Å². The van der Waals surface area contributed by atoms with Crippen LogP contribution in [0.5, 0.6) is 5.75 Å². The predicted octanol–water partition coefficient (Wildman–Crippen LogP) is 3.50. The lowest BCUT2D eigenvalue weighted by Gasteiger charge is -2.34. The van der Waals surface area contributed by atoms with E-state index in [1.54, 1.807) is 11.8 Å². The number of methoxy groups -OCH3 is 1. The summed E-state index contributed by atoms with van der Waals surface area (Å²) in [5, 5.41) is 12.5. The first-order chi connectivity index (χ1) is 12.9. The van der Waals surface area contributed by atoms with Crippen LogP contribution in [-0.4, -0.2) is 56.0 Å². The maximum absolute atomic E-state index is 12.9. The Morgan fingerprint density at radius 2 is 1.93 bits per heavy atom. The van der Waals surface area contributed by atoms with Gasteiger partial charge in [-0.25, -0.2) is 0 Å². The molecule has 1 aromatic carbocycles. The van der Waals surface area contributed by atoms with Crippen LogP contribution in [0.1, 0.15) is 46.1 Å². The number of aryl methyl sites for hydroxylation is 1. The summed E-state index contributed by atoms with van der Waals surface area (Å²) in [5.74, 6) is 1.08. The third kappa shape index (κ3) is 5.00. The molecule has 0 fully saturated rings. The zero-order valence-electron chi connectivity index (χ0n) is 17.0. The van der Waals surface area contributed by atoms with Crippen molar-refractivity contribution in [2.45, 2.75) is 64.7 Å². The molecule has 0 aliphatic heterocycles. The average molecular weight is 392 g/mol. The molecular weight excluding hydrogens is 362 g/mol. The number of benzene rings is 1. The Morgan fingerprint density at radius 1 is 1.26 bits per heavy atom. The summed E-state index contributed by atoms with van der Waals surface area (Å²) in [4.78, 5) is 14.8. The summed E-state index contributed by atoms with van der Waals surface area (Å²) in [7, 11) is 1.62. The molecule has 2 atom stereocenters. The lowest BCUT2D eigenvalue weighted by molar-refractivity contribution is -0.132. The van der Waals surface area contributed by atoms with Crippen LogP contribution in [0.4, 0.5) is 0 Å². The Hall–Kier alpha value is -2.09. The van der Waals surface area contributed by atoms with Crippen LogP contribution in [0.3, 0.4) is 0 Å². The summed E-state index contributed by atoms with van der Waals surface area (Å²) in [6, 6.07) is 6.24. The molecule has 0 bridgehead atoms. The van der Waals surface area contributed by atoms with Crippen LogP contribution in [0.2, 0.25) is 0 Å². The molecule has 148 valence electrons. The molecule has 8 heteroatoms. The van der Waals surface area contributed by atoms with E-state index in [1.165, 1.54) is 11.8 Å². The van der Waals surface area contributed by atoms with Gasteiger partial charge >= 0.3 is 0 Å². The largest absolute Gasteiger partial charge is 0.494 e. The third-order valence-corrected chi connectivity index (χ3v) is 5.65. The molecule has 1 amide bonds. The number of hydrogen-bond donors (Lipinski definition) is 0. The number of aromatic nitrogens is 4. The first-order valence-electron chi connectivity index (χ1n) is 9.30. The number of tetrazole rings is 1. The van der Waals surface area contributed by atoms with Crippen molar-refractivity contribution >= 4 is 17.7 Å². The van der Waals surface area contributed by atoms with Crippen molar-refractivity contribution in [3.63, 3.8) is 0 Å². The first kappa shape index (κ1) is 21.2. The Kier molecular flexibility index (Phi) is 7.65. The second-order valence-electron chi connectivity index (χ2n) is 6.65. The molecule has 0 aliphatic carbocycles. The van der Waals surface area contributed by atoms with Crippen LogP contribution in [0, 0.1) is 6.92 Å². The maximum atomic E-state index is 12.9. The second kappa shape index (κ2) is 9.73. The smallest absolute Gasteiger partial charge is 0.233 e. The molecular formula is C19H29N5O2S. The number of carbonyl (C=O) groups is 1. The summed E-state index contributed by atoms with van der Waals surface area (Å²) < 4.78 is 7.06. The van der Waals surface area contributed by atoms with Gasteiger partial charge < -0.3 is 9.64 Å². The predicted molar refractivity (Wildman–Crippen MR) is 108 cm³/mol. The maximum Gasteiger partial charge on any atom is 0.233 e. The Bertz CT molecular complexity index is 754. The minimum absolute atomic E-state index is 0.106. The van der Waals surface area contributed by atoms with E-state index in [-0.39, 0.29) is 18.0 Å². The topological polar surface area (TPSA) is 73.1 Å². The van der Waals surface area contributed by atoms with E-state index < -0.39 is 0 Å². The van der Waals surface area contributed by atoms with Gasteiger partial charge in [-0.1, -0.05) is 31.7 Å². The van der Waals surface area contributed by atoms with E-state index in [2.05, 4.69) is 43.2 Å². The van der Waals surface area contributed by atoms with Gasteiger partial charge in [0.1, 0.15) is 11.4 Å². The van der Waals surface area contributed by atoms with Crippen molar-refractivity contribution in [1.82, 2.24) is 25.1 Å². The Morgan fingerprint density at radius 3 is 2.52 bits per heavy atom. The highest BCUT2D eigenvalue weighted by atomic mass is 32.2. The quantitative estimate of drug-likeness (QED) is 0.609. The molecule has 0 unspecified atom stereocenters. The highest BCUT2D eigenvalue weighted by Gasteiger charge is 2.24. The van der Waals surface area contributed by atoms with Gasteiger partial charge in [0.25, 0.3) is 0 Å². The molecule has 0 radical (unpaired) electrons. The fourth-order valence-electron chi connectivity index (χ4n) is 2.91. The monoisotopic (exact) mass is 391 g/mol. The van der Waals surface area contributed by atoms with Gasteiger partial charge in [-0.3, -0.25) is 4.79 Å². The zero-order chi connectivity index (χ0) is 20.0. The van der Waals surface area contributed by atoms with Gasteiger partial charge in [0.2, 0.25) is 11.1 Å². The minimum atomic E-state index is 0.106. The number of rotatable bonds is 9. The lowest BCUT2D eigenvalue weighted by Crippen LogP contribution is -2.45. The van der Waals surface area contributed by atoms with Crippen molar-refractivity contribution in [2.24, 2.45) is 0 Å². The Labute approximate surface area is 165 Å². The summed E-state index contributed by atoms with van der Waals surface area (Å²) >= 11 is 1.35. The molecule has 27 heavy (non-hydrogen) atoms. The van der Waals surface area contributed by atoms with E-state index in [9.17, 15) is 4.79 Å². The summed E-state index contributed by atoms with van der Waals surface area (Å²) in [6.07, 6.45) is 1.86. The highest BCUT2D eigenvalue weighted by molar-refractivity contribution is 7.99. The van der Waals surface area contributed by atoms with E-state index in [0.717, 1.165) is 24.1 Å². The minimum Gasteiger partial charge on any atom is -0.494 e. The lowest BCUT2D eigenvalue weighted by atomic mass is 10.1. The number of ether oxygens (including phenoxy) is 1. The van der Waals surface area contributed by atoms with E-state index in [4.69, 9.17) is 4.74 Å². The molecule has 1 aromatic heterocycles. The van der Waals surface area contributed by atoms with Crippen molar-refractivity contribution in [1.29, 1.82) is 0 Å². The molecule has 0 aliphatic rings. The van der Waals surface area contributed by atoms with Gasteiger partial charge in [-0.05, 0) is 61.7 Å². The molecule has 7 nitrogen and oxygen atoms in total. The molecule has 0 saturated carbocycles. The van der Waals surface area contributed by atoms with Crippen molar-refractivity contribution in [3.8, 4) is 11.4 Å². The fraction of sp³-hybridized carbons (Fsp3) is 0.579. The van der Waals surface area contributed by atoms with Gasteiger partial charge in [0, 0.05) is 12.1 Å². The number of carbonyl (C=O) groups excluding carboxylic acids is 1. The zero-order valence-corrected chi connectivity index (χ0v) is 17.8. The highest BCUT2D eigenvalue weighted by Crippen LogP contribution is 2.27. The molecule has 0 spiro atoms. The fourth-order valence-corrected chi connectivity index (χ4v) is 3.66. The standard InChI is InChI=1S/C19H29N5O2S/c1-7-14(4)23(15(5)8-2)18(25)12-27-19-20-21-22-24(19)16-11-13(3)9-10-17(16)26-6/h9-11,14-15H,7-8,12H2,1-6H3/t14-,15-/m1/s1. The molecule has 0 saturated heterocycles. The van der Waals surface area contributed by atoms with Crippen LogP contribution in [0.25, 0.3) is 5.69 Å². The van der Waals surface area contributed by atoms with Gasteiger partial charge in [0.15, 0.2) is 0 Å². The van der Waals surface area contributed by atoms with E-state index >= 15 is 0 Å².